The largest absolute Gasteiger partial charge is 0.446 e. The van der Waals surface area contributed by atoms with Crippen molar-refractivity contribution in [3.05, 3.63) is 35.5 Å². The maximum absolute atomic E-state index is 12.1. The van der Waals surface area contributed by atoms with E-state index in [1.807, 2.05) is 0 Å². The molecule has 3 fully saturated rings. The molecule has 0 saturated heterocycles. The fourth-order valence-corrected chi connectivity index (χ4v) is 7.21. The van der Waals surface area contributed by atoms with E-state index >= 15 is 0 Å². The highest BCUT2D eigenvalue weighted by Crippen LogP contribution is 2.60. The third-order valence-electron chi connectivity index (χ3n) is 9.21. The molecular formula is C31H51NO3. The molecule has 0 aromatic carbocycles. The number of fused-ring (bicyclic) bond motifs is 1. The summed E-state index contributed by atoms with van der Waals surface area (Å²) in [5.41, 5.74) is 4.51. The lowest BCUT2D eigenvalue weighted by molar-refractivity contribution is 0.0889. The van der Waals surface area contributed by atoms with Crippen molar-refractivity contribution in [2.75, 3.05) is 13.2 Å². The van der Waals surface area contributed by atoms with Crippen LogP contribution in [0.2, 0.25) is 0 Å². The Bertz CT molecular complexity index is 782. The Morgan fingerprint density at radius 2 is 1.97 bits per heavy atom. The summed E-state index contributed by atoms with van der Waals surface area (Å²) >= 11 is 0. The molecule has 3 aliphatic carbocycles. The van der Waals surface area contributed by atoms with E-state index in [-0.39, 0.29) is 18.8 Å². The van der Waals surface area contributed by atoms with Crippen molar-refractivity contribution in [3.8, 4) is 0 Å². The third kappa shape index (κ3) is 7.47. The Morgan fingerprint density at radius 3 is 2.71 bits per heavy atom. The van der Waals surface area contributed by atoms with Gasteiger partial charge in [-0.1, -0.05) is 76.8 Å². The van der Waals surface area contributed by atoms with E-state index in [4.69, 9.17) is 9.84 Å². The fourth-order valence-electron chi connectivity index (χ4n) is 7.21. The molecule has 0 spiro atoms. The number of amides is 1. The van der Waals surface area contributed by atoms with Crippen LogP contribution in [0.25, 0.3) is 0 Å². The van der Waals surface area contributed by atoms with E-state index in [9.17, 15) is 4.79 Å². The molecule has 0 aromatic rings. The first-order valence-corrected chi connectivity index (χ1v) is 14.4. The molecular weight excluding hydrogens is 434 g/mol. The summed E-state index contributed by atoms with van der Waals surface area (Å²) in [6, 6.07) is 0. The predicted octanol–water partition coefficient (Wildman–Crippen LogP) is 7.74. The van der Waals surface area contributed by atoms with Crippen molar-refractivity contribution in [2.45, 2.75) is 111 Å². The highest BCUT2D eigenvalue weighted by Gasteiger charge is 2.50. The van der Waals surface area contributed by atoms with Crippen LogP contribution in [0, 0.1) is 29.1 Å². The second kappa shape index (κ2) is 13.1. The van der Waals surface area contributed by atoms with Crippen LogP contribution in [0.4, 0.5) is 4.79 Å². The lowest BCUT2D eigenvalue weighted by Crippen LogP contribution is -2.36. The molecule has 0 aromatic heterocycles. The second-order valence-electron chi connectivity index (χ2n) is 12.2. The van der Waals surface area contributed by atoms with Gasteiger partial charge < -0.3 is 15.2 Å². The molecule has 0 bridgehead atoms. The number of hydrogen-bond donors (Lipinski definition) is 2. The van der Waals surface area contributed by atoms with Gasteiger partial charge in [0.2, 0.25) is 0 Å². The van der Waals surface area contributed by atoms with Gasteiger partial charge in [-0.3, -0.25) is 0 Å². The third-order valence-corrected chi connectivity index (χ3v) is 9.21. The minimum atomic E-state index is -0.378. The summed E-state index contributed by atoms with van der Waals surface area (Å²) in [5, 5.41) is 11.6. The van der Waals surface area contributed by atoms with Gasteiger partial charge in [-0.05, 0) is 86.0 Å². The number of aliphatic hydroxyl groups is 1. The Morgan fingerprint density at radius 1 is 1.17 bits per heavy atom. The second-order valence-corrected chi connectivity index (χ2v) is 12.2. The smallest absolute Gasteiger partial charge is 0.407 e. The van der Waals surface area contributed by atoms with Crippen molar-refractivity contribution in [1.82, 2.24) is 5.32 Å². The summed E-state index contributed by atoms with van der Waals surface area (Å²) in [6.45, 7) is 14.6. The lowest BCUT2D eigenvalue weighted by atomic mass is 9.60. The normalized spacial score (nSPS) is 32.2. The number of hydrogen-bond acceptors (Lipinski definition) is 3. The molecule has 198 valence electrons. The van der Waals surface area contributed by atoms with Gasteiger partial charge in [-0.15, -0.1) is 0 Å². The number of alkyl carbamates (subject to hydrolysis) is 1. The molecule has 0 unspecified atom stereocenters. The number of nitrogens with one attached hydrogen (secondary N) is 1. The van der Waals surface area contributed by atoms with Crippen LogP contribution in [-0.4, -0.2) is 30.5 Å². The molecule has 1 amide bonds. The van der Waals surface area contributed by atoms with Gasteiger partial charge in [0.15, 0.2) is 0 Å². The molecule has 2 N–H and O–H groups in total. The lowest BCUT2D eigenvalue weighted by Gasteiger charge is -2.44. The standard InChI is InChI=1S/C31H51NO3/c1-22(2)9-6-10-24(4)28-16-17-29-25(11-7-18-31(28,29)5)13-14-26-21-27(15-12-23(26)3)35-30(34)32-19-8-20-33/h13-14,22,24,27-29,33H,3,6-12,15-21H2,1-2,4-5H3,(H,32,34)/b25-13+,26-14-/t24-,27+,28-,29+,31-/m1/s1. The van der Waals surface area contributed by atoms with Crippen molar-refractivity contribution in [3.63, 3.8) is 0 Å². The Hall–Kier alpha value is -1.55. The van der Waals surface area contributed by atoms with E-state index in [1.165, 1.54) is 62.5 Å². The van der Waals surface area contributed by atoms with E-state index < -0.39 is 0 Å². The number of carbonyl (C=O) groups is 1. The van der Waals surface area contributed by atoms with Gasteiger partial charge in [0.25, 0.3) is 0 Å². The average molecular weight is 486 g/mol. The topological polar surface area (TPSA) is 58.6 Å². The molecule has 3 saturated carbocycles. The zero-order valence-corrected chi connectivity index (χ0v) is 22.9. The number of rotatable bonds is 10. The first kappa shape index (κ1) is 28.0. The highest BCUT2D eigenvalue weighted by molar-refractivity contribution is 5.67. The number of carbonyl (C=O) groups excluding carboxylic acids is 1. The summed E-state index contributed by atoms with van der Waals surface area (Å²) in [7, 11) is 0. The first-order chi connectivity index (χ1) is 16.7. The van der Waals surface area contributed by atoms with E-state index in [0.717, 1.165) is 37.0 Å². The van der Waals surface area contributed by atoms with Gasteiger partial charge >= 0.3 is 6.09 Å². The summed E-state index contributed by atoms with van der Waals surface area (Å²) in [5.74, 6) is 3.20. The van der Waals surface area contributed by atoms with E-state index in [2.05, 4.69) is 51.7 Å². The minimum Gasteiger partial charge on any atom is -0.446 e. The van der Waals surface area contributed by atoms with Crippen LogP contribution in [0.3, 0.4) is 0 Å². The van der Waals surface area contributed by atoms with Crippen LogP contribution >= 0.6 is 0 Å². The van der Waals surface area contributed by atoms with Gasteiger partial charge in [-0.2, -0.15) is 0 Å². The van der Waals surface area contributed by atoms with Crippen LogP contribution < -0.4 is 5.32 Å². The van der Waals surface area contributed by atoms with Crippen LogP contribution in [0.1, 0.15) is 105 Å². The summed E-state index contributed by atoms with van der Waals surface area (Å²) in [4.78, 5) is 12.1. The molecule has 3 rings (SSSR count). The maximum atomic E-state index is 12.1. The van der Waals surface area contributed by atoms with E-state index in [1.54, 1.807) is 5.57 Å². The zero-order valence-electron chi connectivity index (χ0n) is 22.9. The number of aliphatic hydroxyl groups excluding tert-OH is 1. The SMILES string of the molecule is C=C1CC[C@H](OC(=O)NCCCO)C/C1=C/C=C1\CCC[C@]2(C)[C@@H]([C@H](C)CCCC(C)C)CC[C@@H]12. The fraction of sp³-hybridized carbons (Fsp3) is 0.774. The molecule has 35 heavy (non-hydrogen) atoms. The molecule has 0 aliphatic heterocycles. The van der Waals surface area contributed by atoms with Gasteiger partial charge in [0, 0.05) is 19.6 Å². The molecule has 3 aliphatic rings. The molecule has 4 heteroatoms. The van der Waals surface area contributed by atoms with E-state index in [0.29, 0.717) is 24.3 Å². The van der Waals surface area contributed by atoms with Crippen LogP contribution in [0.15, 0.2) is 35.5 Å². The number of allylic oxidation sites excluding steroid dienone is 4. The zero-order chi connectivity index (χ0) is 25.4. The average Bonchev–Trinajstić information content (AvgIpc) is 3.17. The van der Waals surface area contributed by atoms with Gasteiger partial charge in [0.05, 0.1) is 0 Å². The molecule has 0 heterocycles. The van der Waals surface area contributed by atoms with Gasteiger partial charge in [0.1, 0.15) is 6.10 Å². The highest BCUT2D eigenvalue weighted by atomic mass is 16.6. The molecule has 4 nitrogen and oxygen atoms in total. The maximum Gasteiger partial charge on any atom is 0.407 e. The summed E-state index contributed by atoms with van der Waals surface area (Å²) < 4.78 is 5.65. The quantitative estimate of drug-likeness (QED) is 0.311. The van der Waals surface area contributed by atoms with Crippen molar-refractivity contribution >= 4 is 6.09 Å². The Kier molecular flexibility index (Phi) is 10.5. The number of ether oxygens (including phenoxy) is 1. The minimum absolute atomic E-state index is 0.0723. The van der Waals surface area contributed by atoms with Crippen molar-refractivity contribution in [1.29, 1.82) is 0 Å². The summed E-state index contributed by atoms with van der Waals surface area (Å²) in [6.07, 6.45) is 18.0. The first-order valence-electron chi connectivity index (χ1n) is 14.4. The van der Waals surface area contributed by atoms with Crippen LogP contribution in [-0.2, 0) is 4.74 Å². The molecule has 5 atom stereocenters. The predicted molar refractivity (Wildman–Crippen MR) is 145 cm³/mol. The monoisotopic (exact) mass is 485 g/mol. The van der Waals surface area contributed by atoms with Crippen molar-refractivity contribution in [2.24, 2.45) is 29.1 Å². The Labute approximate surface area is 214 Å². The van der Waals surface area contributed by atoms with Crippen LogP contribution in [0.5, 0.6) is 0 Å². The Balaban J connectivity index is 1.62. The molecule has 0 radical (unpaired) electrons. The van der Waals surface area contributed by atoms with Crippen molar-refractivity contribution < 1.29 is 14.6 Å². The van der Waals surface area contributed by atoms with Gasteiger partial charge in [-0.25, -0.2) is 4.79 Å².